The molecule has 6 heteroatoms. The van der Waals surface area contributed by atoms with Crippen LogP contribution in [-0.4, -0.2) is 25.9 Å². The highest BCUT2D eigenvalue weighted by atomic mass is 32.2. The summed E-state index contributed by atoms with van der Waals surface area (Å²) in [4.78, 5) is 23.1. The van der Waals surface area contributed by atoms with E-state index in [4.69, 9.17) is 0 Å². The molecule has 1 aliphatic rings. The van der Waals surface area contributed by atoms with Crippen LogP contribution >= 0.6 is 0 Å². The van der Waals surface area contributed by atoms with Gasteiger partial charge in [0.05, 0.1) is 5.75 Å². The molecule has 0 spiro atoms. The van der Waals surface area contributed by atoms with E-state index in [2.05, 4.69) is 5.32 Å². The van der Waals surface area contributed by atoms with Gasteiger partial charge in [-0.3, -0.25) is 9.59 Å². The highest BCUT2D eigenvalue weighted by Crippen LogP contribution is 2.19. The minimum absolute atomic E-state index is 0.0199. The van der Waals surface area contributed by atoms with Crippen molar-refractivity contribution in [3.8, 4) is 0 Å². The zero-order valence-corrected chi connectivity index (χ0v) is 11.8. The maximum atomic E-state index is 11.8. The predicted octanol–water partition coefficient (Wildman–Crippen LogP) is 1.78. The average molecular weight is 293 g/mol. The standard InChI is InChI=1S/C14H15NO4S/c1-10(16)12-3-2-4-13(8-12)15-14(17)7-11-5-6-20(18,19)9-11/h2-6,8,11H,7,9H2,1H3,(H,15,17). The molecule has 1 amide bonds. The summed E-state index contributed by atoms with van der Waals surface area (Å²) in [5.74, 6) is -0.646. The largest absolute Gasteiger partial charge is 0.326 e. The second-order valence-corrected chi connectivity index (χ2v) is 6.74. The Hall–Kier alpha value is -1.95. The van der Waals surface area contributed by atoms with Gasteiger partial charge >= 0.3 is 0 Å². The van der Waals surface area contributed by atoms with Crippen LogP contribution < -0.4 is 5.32 Å². The third-order valence-corrected chi connectivity index (χ3v) is 4.47. The van der Waals surface area contributed by atoms with Gasteiger partial charge in [0.25, 0.3) is 0 Å². The van der Waals surface area contributed by atoms with Gasteiger partial charge in [-0.2, -0.15) is 0 Å². The van der Waals surface area contributed by atoms with Gasteiger partial charge in [-0.1, -0.05) is 18.2 Å². The molecule has 0 aromatic heterocycles. The summed E-state index contributed by atoms with van der Waals surface area (Å²) < 4.78 is 22.5. The van der Waals surface area contributed by atoms with E-state index in [0.29, 0.717) is 11.3 Å². The first-order valence-electron chi connectivity index (χ1n) is 6.17. The molecule has 0 radical (unpaired) electrons. The lowest BCUT2D eigenvalue weighted by molar-refractivity contribution is -0.116. The van der Waals surface area contributed by atoms with Gasteiger partial charge in [-0.15, -0.1) is 0 Å². The van der Waals surface area contributed by atoms with Crippen molar-refractivity contribution >= 4 is 27.2 Å². The highest BCUT2D eigenvalue weighted by Gasteiger charge is 2.23. The Morgan fingerprint density at radius 3 is 2.70 bits per heavy atom. The van der Waals surface area contributed by atoms with Crippen molar-refractivity contribution in [3.05, 3.63) is 41.3 Å². The second-order valence-electron chi connectivity index (χ2n) is 4.81. The van der Waals surface area contributed by atoms with Crippen molar-refractivity contribution in [2.45, 2.75) is 13.3 Å². The smallest absolute Gasteiger partial charge is 0.224 e. The lowest BCUT2D eigenvalue weighted by Crippen LogP contribution is -2.17. The van der Waals surface area contributed by atoms with Crippen LogP contribution in [0.2, 0.25) is 0 Å². The summed E-state index contributed by atoms with van der Waals surface area (Å²) in [6, 6.07) is 6.64. The number of carbonyl (C=O) groups excluding carboxylic acids is 2. The average Bonchev–Trinajstić information content (AvgIpc) is 2.68. The van der Waals surface area contributed by atoms with Crippen LogP contribution in [0.3, 0.4) is 0 Å². The number of hydrogen-bond acceptors (Lipinski definition) is 4. The zero-order valence-electron chi connectivity index (χ0n) is 11.0. The fourth-order valence-corrected chi connectivity index (χ4v) is 3.43. The van der Waals surface area contributed by atoms with Crippen LogP contribution in [0.25, 0.3) is 0 Å². The van der Waals surface area contributed by atoms with E-state index in [1.165, 1.54) is 6.92 Å². The Morgan fingerprint density at radius 2 is 2.10 bits per heavy atom. The minimum Gasteiger partial charge on any atom is -0.326 e. The summed E-state index contributed by atoms with van der Waals surface area (Å²) >= 11 is 0. The molecule has 0 bridgehead atoms. The third-order valence-electron chi connectivity index (χ3n) is 3.00. The van der Waals surface area contributed by atoms with Gasteiger partial charge in [0.15, 0.2) is 15.6 Å². The summed E-state index contributed by atoms with van der Waals surface area (Å²) in [5, 5.41) is 3.83. The van der Waals surface area contributed by atoms with E-state index in [1.54, 1.807) is 30.3 Å². The van der Waals surface area contributed by atoms with Gasteiger partial charge in [0, 0.05) is 29.0 Å². The van der Waals surface area contributed by atoms with Gasteiger partial charge in [0.2, 0.25) is 5.91 Å². The van der Waals surface area contributed by atoms with E-state index in [1.807, 2.05) is 0 Å². The van der Waals surface area contributed by atoms with Crippen LogP contribution in [0.1, 0.15) is 23.7 Å². The summed E-state index contributed by atoms with van der Waals surface area (Å²) in [5.41, 5.74) is 1.05. The number of ketones is 1. The van der Waals surface area contributed by atoms with E-state index in [-0.39, 0.29) is 29.8 Å². The van der Waals surface area contributed by atoms with Crippen molar-refractivity contribution in [3.63, 3.8) is 0 Å². The van der Waals surface area contributed by atoms with Crippen molar-refractivity contribution in [2.75, 3.05) is 11.1 Å². The Kier molecular flexibility index (Phi) is 4.04. The maximum Gasteiger partial charge on any atom is 0.224 e. The highest BCUT2D eigenvalue weighted by molar-refractivity contribution is 7.94. The fraction of sp³-hybridized carbons (Fsp3) is 0.286. The lowest BCUT2D eigenvalue weighted by Gasteiger charge is -2.09. The lowest BCUT2D eigenvalue weighted by atomic mass is 10.1. The molecule has 1 aromatic carbocycles. The van der Waals surface area contributed by atoms with Crippen molar-refractivity contribution in [1.82, 2.24) is 0 Å². The Balaban J connectivity index is 1.97. The van der Waals surface area contributed by atoms with Crippen molar-refractivity contribution in [1.29, 1.82) is 0 Å². The van der Waals surface area contributed by atoms with Crippen molar-refractivity contribution < 1.29 is 18.0 Å². The van der Waals surface area contributed by atoms with Crippen LogP contribution in [-0.2, 0) is 14.6 Å². The predicted molar refractivity (Wildman–Crippen MR) is 76.1 cm³/mol. The number of sulfone groups is 1. The topological polar surface area (TPSA) is 80.3 Å². The molecule has 106 valence electrons. The zero-order chi connectivity index (χ0) is 14.8. The number of hydrogen-bond donors (Lipinski definition) is 1. The first-order valence-corrected chi connectivity index (χ1v) is 7.89. The minimum atomic E-state index is -3.14. The quantitative estimate of drug-likeness (QED) is 0.858. The van der Waals surface area contributed by atoms with Gasteiger partial charge in [0.1, 0.15) is 0 Å². The SMILES string of the molecule is CC(=O)c1cccc(NC(=O)CC2C=CS(=O)(=O)C2)c1. The van der Waals surface area contributed by atoms with Crippen LogP contribution in [0.4, 0.5) is 5.69 Å². The number of allylic oxidation sites excluding steroid dienone is 1. The van der Waals surface area contributed by atoms with Gasteiger partial charge in [-0.25, -0.2) is 8.42 Å². The summed E-state index contributed by atoms with van der Waals surface area (Å²) in [6.07, 6.45) is 1.65. The first-order chi connectivity index (χ1) is 9.35. The molecular formula is C14H15NO4S. The monoisotopic (exact) mass is 293 g/mol. The molecule has 0 fully saturated rings. The van der Waals surface area contributed by atoms with E-state index in [0.717, 1.165) is 5.41 Å². The number of Topliss-reactive ketones (excluding diaryl/α,β-unsaturated/α-hetero) is 1. The molecule has 1 aliphatic heterocycles. The molecule has 0 aliphatic carbocycles. The second kappa shape index (κ2) is 5.58. The molecule has 20 heavy (non-hydrogen) atoms. The third kappa shape index (κ3) is 3.77. The van der Waals surface area contributed by atoms with Gasteiger partial charge < -0.3 is 5.32 Å². The van der Waals surface area contributed by atoms with E-state index < -0.39 is 9.84 Å². The molecule has 1 N–H and O–H groups in total. The fourth-order valence-electron chi connectivity index (χ4n) is 2.03. The number of anilines is 1. The Morgan fingerprint density at radius 1 is 1.35 bits per heavy atom. The number of benzene rings is 1. The Labute approximate surface area is 117 Å². The molecule has 1 aromatic rings. The Bertz CT molecular complexity index is 676. The maximum absolute atomic E-state index is 11.8. The van der Waals surface area contributed by atoms with Gasteiger partial charge in [-0.05, 0) is 19.1 Å². The normalized spacial score (nSPS) is 19.8. The number of nitrogens with one attached hydrogen (secondary N) is 1. The van der Waals surface area contributed by atoms with Crippen LogP contribution in [0.5, 0.6) is 0 Å². The first kappa shape index (κ1) is 14.5. The number of rotatable bonds is 4. The van der Waals surface area contributed by atoms with Crippen LogP contribution in [0, 0.1) is 5.92 Å². The number of amides is 1. The van der Waals surface area contributed by atoms with Crippen LogP contribution in [0.15, 0.2) is 35.7 Å². The molecule has 1 heterocycles. The van der Waals surface area contributed by atoms with E-state index in [9.17, 15) is 18.0 Å². The number of carbonyl (C=O) groups is 2. The molecule has 0 saturated heterocycles. The summed E-state index contributed by atoms with van der Waals surface area (Å²) in [7, 11) is -3.14. The molecule has 1 atom stereocenters. The molecule has 1 unspecified atom stereocenters. The van der Waals surface area contributed by atoms with E-state index >= 15 is 0 Å². The molecular weight excluding hydrogens is 278 g/mol. The van der Waals surface area contributed by atoms with Crippen molar-refractivity contribution in [2.24, 2.45) is 5.92 Å². The summed E-state index contributed by atoms with van der Waals surface area (Å²) in [6.45, 7) is 1.45. The molecule has 0 saturated carbocycles. The molecule has 2 rings (SSSR count). The molecule has 5 nitrogen and oxygen atoms in total.